The van der Waals surface area contributed by atoms with Crippen LogP contribution in [0, 0.1) is 6.92 Å². The van der Waals surface area contributed by atoms with Gasteiger partial charge in [-0.3, -0.25) is 4.79 Å². The topological polar surface area (TPSA) is 30.0 Å². The SMILES string of the molecule is CC(=O)c1nc(C)cc2ccccc12. The zero-order chi connectivity index (χ0) is 10.1. The number of benzene rings is 1. The predicted octanol–water partition coefficient (Wildman–Crippen LogP) is 2.75. The second-order valence-electron chi connectivity index (χ2n) is 3.39. The molecule has 0 aliphatic heterocycles. The molecule has 0 N–H and O–H groups in total. The van der Waals surface area contributed by atoms with Gasteiger partial charge in [0.15, 0.2) is 5.78 Å². The van der Waals surface area contributed by atoms with Gasteiger partial charge in [0.25, 0.3) is 0 Å². The minimum absolute atomic E-state index is 0.0184. The molecule has 70 valence electrons. The summed E-state index contributed by atoms with van der Waals surface area (Å²) in [6.45, 7) is 3.45. The summed E-state index contributed by atoms with van der Waals surface area (Å²) in [5.41, 5.74) is 1.45. The molecule has 0 unspecified atom stereocenters. The number of hydrogen-bond donors (Lipinski definition) is 0. The van der Waals surface area contributed by atoms with Crippen molar-refractivity contribution >= 4 is 16.6 Å². The number of pyridine rings is 1. The van der Waals surface area contributed by atoms with Crippen molar-refractivity contribution in [2.75, 3.05) is 0 Å². The standard InChI is InChI=1S/C12H11NO/c1-8-7-10-5-3-4-6-11(10)12(13-8)9(2)14/h3-7H,1-2H3. The van der Waals surface area contributed by atoms with E-state index >= 15 is 0 Å². The molecule has 0 aliphatic rings. The van der Waals surface area contributed by atoms with E-state index in [1.54, 1.807) is 6.92 Å². The normalized spacial score (nSPS) is 10.4. The van der Waals surface area contributed by atoms with Crippen molar-refractivity contribution in [3.05, 3.63) is 41.7 Å². The number of carbonyl (C=O) groups is 1. The second-order valence-corrected chi connectivity index (χ2v) is 3.39. The number of ketones is 1. The Bertz CT molecular complexity index is 503. The van der Waals surface area contributed by atoms with Crippen LogP contribution in [0.15, 0.2) is 30.3 Å². The fraction of sp³-hybridized carbons (Fsp3) is 0.167. The Morgan fingerprint density at radius 3 is 2.71 bits per heavy atom. The summed E-state index contributed by atoms with van der Waals surface area (Å²) in [4.78, 5) is 15.6. The number of nitrogens with zero attached hydrogens (tertiary/aromatic N) is 1. The van der Waals surface area contributed by atoms with E-state index in [1.165, 1.54) is 0 Å². The van der Waals surface area contributed by atoms with Crippen molar-refractivity contribution in [3.63, 3.8) is 0 Å². The van der Waals surface area contributed by atoms with Crippen molar-refractivity contribution in [1.29, 1.82) is 0 Å². The molecule has 0 amide bonds. The lowest BCUT2D eigenvalue weighted by molar-refractivity contribution is 0.101. The van der Waals surface area contributed by atoms with Crippen LogP contribution in [0.3, 0.4) is 0 Å². The zero-order valence-electron chi connectivity index (χ0n) is 8.24. The number of Topliss-reactive ketones (excluding diaryl/α,β-unsaturated/α-hetero) is 1. The number of aryl methyl sites for hydroxylation is 1. The maximum Gasteiger partial charge on any atom is 0.178 e. The van der Waals surface area contributed by atoms with Gasteiger partial charge in [0.2, 0.25) is 0 Å². The Morgan fingerprint density at radius 1 is 1.29 bits per heavy atom. The van der Waals surface area contributed by atoms with E-state index in [1.807, 2.05) is 37.3 Å². The van der Waals surface area contributed by atoms with Crippen LogP contribution in [0.25, 0.3) is 10.8 Å². The first-order valence-electron chi connectivity index (χ1n) is 4.56. The van der Waals surface area contributed by atoms with Crippen molar-refractivity contribution in [1.82, 2.24) is 4.98 Å². The van der Waals surface area contributed by atoms with Gasteiger partial charge in [-0.1, -0.05) is 24.3 Å². The smallest absolute Gasteiger partial charge is 0.178 e. The molecule has 0 spiro atoms. The number of fused-ring (bicyclic) bond motifs is 1. The molecule has 0 radical (unpaired) electrons. The van der Waals surface area contributed by atoms with Gasteiger partial charge in [-0.15, -0.1) is 0 Å². The zero-order valence-corrected chi connectivity index (χ0v) is 8.24. The average Bonchev–Trinajstić information content (AvgIpc) is 2.16. The summed E-state index contributed by atoms with van der Waals surface area (Å²) in [5.74, 6) is 0.0184. The minimum atomic E-state index is 0.0184. The van der Waals surface area contributed by atoms with E-state index in [0.29, 0.717) is 5.69 Å². The van der Waals surface area contributed by atoms with Gasteiger partial charge in [0.1, 0.15) is 5.69 Å². The van der Waals surface area contributed by atoms with Crippen LogP contribution in [0.2, 0.25) is 0 Å². The maximum absolute atomic E-state index is 11.3. The fourth-order valence-corrected chi connectivity index (χ4v) is 1.60. The van der Waals surface area contributed by atoms with Crippen LogP contribution in [-0.2, 0) is 0 Å². The Morgan fingerprint density at radius 2 is 2.00 bits per heavy atom. The molecular weight excluding hydrogens is 174 g/mol. The number of hydrogen-bond acceptors (Lipinski definition) is 2. The van der Waals surface area contributed by atoms with Crippen LogP contribution >= 0.6 is 0 Å². The number of carbonyl (C=O) groups excluding carboxylic acids is 1. The van der Waals surface area contributed by atoms with Crippen molar-refractivity contribution in [2.45, 2.75) is 13.8 Å². The lowest BCUT2D eigenvalue weighted by atomic mass is 10.1. The Hall–Kier alpha value is -1.70. The molecule has 0 aliphatic carbocycles. The van der Waals surface area contributed by atoms with Crippen LogP contribution in [0.1, 0.15) is 23.1 Å². The van der Waals surface area contributed by atoms with E-state index in [0.717, 1.165) is 16.5 Å². The molecule has 2 aromatic rings. The van der Waals surface area contributed by atoms with Gasteiger partial charge in [0, 0.05) is 18.0 Å². The fourth-order valence-electron chi connectivity index (χ4n) is 1.60. The number of aromatic nitrogens is 1. The number of rotatable bonds is 1. The van der Waals surface area contributed by atoms with E-state index < -0.39 is 0 Å². The van der Waals surface area contributed by atoms with Gasteiger partial charge in [-0.05, 0) is 18.4 Å². The highest BCUT2D eigenvalue weighted by molar-refractivity contribution is 6.05. The molecule has 0 saturated carbocycles. The highest BCUT2D eigenvalue weighted by Crippen LogP contribution is 2.18. The first kappa shape index (κ1) is 8.88. The molecule has 14 heavy (non-hydrogen) atoms. The van der Waals surface area contributed by atoms with E-state index in [4.69, 9.17) is 0 Å². The third-order valence-corrected chi connectivity index (χ3v) is 2.20. The molecule has 1 aromatic carbocycles. The minimum Gasteiger partial charge on any atom is -0.293 e. The Labute approximate surface area is 82.6 Å². The van der Waals surface area contributed by atoms with Crippen molar-refractivity contribution in [2.24, 2.45) is 0 Å². The predicted molar refractivity (Wildman–Crippen MR) is 56.5 cm³/mol. The molecule has 1 heterocycles. The van der Waals surface area contributed by atoms with Crippen LogP contribution in [0.4, 0.5) is 0 Å². The van der Waals surface area contributed by atoms with Gasteiger partial charge in [0.05, 0.1) is 0 Å². The summed E-state index contributed by atoms with van der Waals surface area (Å²) >= 11 is 0. The van der Waals surface area contributed by atoms with Gasteiger partial charge in [-0.25, -0.2) is 4.98 Å². The van der Waals surface area contributed by atoms with Gasteiger partial charge in [-0.2, -0.15) is 0 Å². The van der Waals surface area contributed by atoms with E-state index in [2.05, 4.69) is 4.98 Å². The van der Waals surface area contributed by atoms with Gasteiger partial charge >= 0.3 is 0 Å². The van der Waals surface area contributed by atoms with Crippen LogP contribution < -0.4 is 0 Å². The highest BCUT2D eigenvalue weighted by Gasteiger charge is 2.07. The summed E-state index contributed by atoms with van der Waals surface area (Å²) in [6, 6.07) is 9.80. The molecule has 2 rings (SSSR count). The third-order valence-electron chi connectivity index (χ3n) is 2.20. The Kier molecular flexibility index (Phi) is 2.04. The second kappa shape index (κ2) is 3.22. The summed E-state index contributed by atoms with van der Waals surface area (Å²) in [6.07, 6.45) is 0. The monoisotopic (exact) mass is 185 g/mol. The Balaban J connectivity index is 2.87. The van der Waals surface area contributed by atoms with Crippen LogP contribution in [0.5, 0.6) is 0 Å². The maximum atomic E-state index is 11.3. The summed E-state index contributed by atoms with van der Waals surface area (Å²) < 4.78 is 0. The van der Waals surface area contributed by atoms with Crippen molar-refractivity contribution < 1.29 is 4.79 Å². The summed E-state index contributed by atoms with van der Waals surface area (Å²) in [7, 11) is 0. The molecule has 0 atom stereocenters. The molecule has 0 saturated heterocycles. The van der Waals surface area contributed by atoms with Crippen molar-refractivity contribution in [3.8, 4) is 0 Å². The largest absolute Gasteiger partial charge is 0.293 e. The van der Waals surface area contributed by atoms with Crippen LogP contribution in [-0.4, -0.2) is 10.8 Å². The van der Waals surface area contributed by atoms with E-state index in [9.17, 15) is 4.79 Å². The highest BCUT2D eigenvalue weighted by atomic mass is 16.1. The molecule has 2 heteroatoms. The first-order chi connectivity index (χ1) is 6.68. The van der Waals surface area contributed by atoms with Gasteiger partial charge < -0.3 is 0 Å². The lowest BCUT2D eigenvalue weighted by Gasteiger charge is -2.03. The molecule has 0 fully saturated rings. The van der Waals surface area contributed by atoms with E-state index in [-0.39, 0.29) is 5.78 Å². The summed E-state index contributed by atoms with van der Waals surface area (Å²) in [5, 5.41) is 2.01. The molecule has 0 bridgehead atoms. The lowest BCUT2D eigenvalue weighted by Crippen LogP contribution is -1.99. The molecule has 1 aromatic heterocycles. The molecule has 2 nitrogen and oxygen atoms in total. The average molecular weight is 185 g/mol. The molecular formula is C12H11NO. The quantitative estimate of drug-likeness (QED) is 0.639. The third kappa shape index (κ3) is 1.39. The first-order valence-corrected chi connectivity index (χ1v) is 4.56.